The molecule has 0 fully saturated rings. The molecule has 0 bridgehead atoms. The second-order valence-electron chi connectivity index (χ2n) is 6.90. The molecule has 0 saturated carbocycles. The summed E-state index contributed by atoms with van der Waals surface area (Å²) >= 11 is 6.90. The number of ether oxygens (including phenoxy) is 1. The number of rotatable bonds is 10. The Morgan fingerprint density at radius 3 is 2.65 bits per heavy atom. The average Bonchev–Trinajstić information content (AvgIpc) is 3.28. The standard InChI is InChI=1S/C22H22ClN5O5S/c1-4-27(5-2)17-8-7-15(28(31)32)10-13(17)11-19(21(29)30)34-22-24-20(25-26-22)16-12-14(23)6-9-18(16)33-3/h6-12H,4-5H2,1-3H3,(H,29,30)(H,24,25,26)/b19-11+. The van der Waals surface area contributed by atoms with Gasteiger partial charge >= 0.3 is 5.97 Å². The molecule has 2 aromatic carbocycles. The Balaban J connectivity index is 2.01. The molecule has 0 atom stereocenters. The molecule has 0 amide bonds. The molecular formula is C22H22ClN5O5S. The van der Waals surface area contributed by atoms with Crippen molar-refractivity contribution in [1.82, 2.24) is 15.2 Å². The number of nitro benzene ring substituents is 1. The summed E-state index contributed by atoms with van der Waals surface area (Å²) in [6.07, 6.45) is 1.39. The van der Waals surface area contributed by atoms with Gasteiger partial charge in [0.2, 0.25) is 5.16 Å². The lowest BCUT2D eigenvalue weighted by molar-refractivity contribution is -0.384. The van der Waals surface area contributed by atoms with Crippen LogP contribution in [0.5, 0.6) is 5.75 Å². The molecule has 0 radical (unpaired) electrons. The van der Waals surface area contributed by atoms with Gasteiger partial charge in [-0.2, -0.15) is 0 Å². The Morgan fingerprint density at radius 2 is 2.03 bits per heavy atom. The predicted molar refractivity (Wildman–Crippen MR) is 132 cm³/mol. The maximum Gasteiger partial charge on any atom is 0.342 e. The van der Waals surface area contributed by atoms with Gasteiger partial charge in [-0.25, -0.2) is 9.78 Å². The highest BCUT2D eigenvalue weighted by atomic mass is 35.5. The van der Waals surface area contributed by atoms with Gasteiger partial charge in [0.25, 0.3) is 5.69 Å². The monoisotopic (exact) mass is 503 g/mol. The third-order valence-corrected chi connectivity index (χ3v) is 6.02. The quantitative estimate of drug-likeness (QED) is 0.167. The van der Waals surface area contributed by atoms with Crippen molar-refractivity contribution >= 4 is 46.8 Å². The molecule has 0 saturated heterocycles. The van der Waals surface area contributed by atoms with Crippen molar-refractivity contribution in [1.29, 1.82) is 0 Å². The fourth-order valence-electron chi connectivity index (χ4n) is 3.28. The molecule has 12 heteroatoms. The maximum absolute atomic E-state index is 12.0. The molecule has 2 N–H and O–H groups in total. The Hall–Kier alpha value is -3.57. The van der Waals surface area contributed by atoms with Gasteiger partial charge in [0.1, 0.15) is 10.7 Å². The zero-order chi connectivity index (χ0) is 24.8. The minimum atomic E-state index is -1.21. The van der Waals surface area contributed by atoms with Crippen molar-refractivity contribution in [3.05, 3.63) is 62.0 Å². The number of halogens is 1. The van der Waals surface area contributed by atoms with E-state index in [4.69, 9.17) is 16.3 Å². The number of hydrogen-bond donors (Lipinski definition) is 2. The lowest BCUT2D eigenvalue weighted by Gasteiger charge is -2.23. The van der Waals surface area contributed by atoms with Crippen LogP contribution in [0.15, 0.2) is 46.5 Å². The first-order valence-electron chi connectivity index (χ1n) is 10.2. The SMILES string of the molecule is CCN(CC)c1ccc([N+](=O)[O-])cc1/C=C(/Sc1n[nH]c(-c2cc(Cl)ccc2OC)n1)C(=O)O. The number of aliphatic carboxylic acids is 1. The van der Waals surface area contributed by atoms with E-state index in [1.54, 1.807) is 24.3 Å². The van der Waals surface area contributed by atoms with E-state index in [1.807, 2.05) is 18.7 Å². The largest absolute Gasteiger partial charge is 0.496 e. The van der Waals surface area contributed by atoms with Gasteiger partial charge in [-0.05, 0) is 56.0 Å². The van der Waals surface area contributed by atoms with Crippen LogP contribution in [-0.2, 0) is 4.79 Å². The zero-order valence-corrected chi connectivity index (χ0v) is 20.2. The zero-order valence-electron chi connectivity index (χ0n) is 18.6. The molecule has 34 heavy (non-hydrogen) atoms. The number of aromatic amines is 1. The number of anilines is 1. The summed E-state index contributed by atoms with van der Waals surface area (Å²) in [4.78, 5) is 29.1. The van der Waals surface area contributed by atoms with Gasteiger partial charge in [0, 0.05) is 41.5 Å². The van der Waals surface area contributed by atoms with Crippen molar-refractivity contribution in [3.63, 3.8) is 0 Å². The van der Waals surface area contributed by atoms with Crippen LogP contribution < -0.4 is 9.64 Å². The maximum atomic E-state index is 12.0. The van der Waals surface area contributed by atoms with Crippen molar-refractivity contribution < 1.29 is 19.6 Å². The number of non-ortho nitro benzene ring substituents is 1. The summed E-state index contributed by atoms with van der Waals surface area (Å²) < 4.78 is 5.33. The highest BCUT2D eigenvalue weighted by Crippen LogP contribution is 2.34. The summed E-state index contributed by atoms with van der Waals surface area (Å²) in [5.74, 6) is -0.342. The first-order chi connectivity index (χ1) is 16.3. The summed E-state index contributed by atoms with van der Waals surface area (Å²) in [6, 6.07) is 9.40. The van der Waals surface area contributed by atoms with Crippen LogP contribution >= 0.6 is 23.4 Å². The first kappa shape index (κ1) is 25.1. The highest BCUT2D eigenvalue weighted by Gasteiger charge is 2.19. The Bertz CT molecular complexity index is 1240. The molecule has 1 heterocycles. The van der Waals surface area contributed by atoms with Crippen LogP contribution in [0.4, 0.5) is 11.4 Å². The van der Waals surface area contributed by atoms with Gasteiger partial charge in [0.15, 0.2) is 5.82 Å². The molecule has 0 unspecified atom stereocenters. The first-order valence-corrected chi connectivity index (χ1v) is 11.4. The lowest BCUT2D eigenvalue weighted by Crippen LogP contribution is -2.22. The number of benzene rings is 2. The Labute approximate surface area is 204 Å². The van der Waals surface area contributed by atoms with Crippen LogP contribution in [-0.4, -0.2) is 51.4 Å². The summed E-state index contributed by atoms with van der Waals surface area (Å²) in [5.41, 5.74) is 1.53. The van der Waals surface area contributed by atoms with Crippen LogP contribution in [0.1, 0.15) is 19.4 Å². The highest BCUT2D eigenvalue weighted by molar-refractivity contribution is 8.04. The molecule has 178 valence electrons. The van der Waals surface area contributed by atoms with Crippen LogP contribution in [0.25, 0.3) is 17.5 Å². The predicted octanol–water partition coefficient (Wildman–Crippen LogP) is 5.11. The van der Waals surface area contributed by atoms with Crippen LogP contribution in [0.2, 0.25) is 5.02 Å². The second-order valence-corrected chi connectivity index (χ2v) is 8.35. The number of carboxylic acid groups (broad SMARTS) is 1. The van der Waals surface area contributed by atoms with Crippen molar-refractivity contribution in [3.8, 4) is 17.1 Å². The van der Waals surface area contributed by atoms with Gasteiger partial charge in [-0.1, -0.05) is 11.6 Å². The number of thioether (sulfide) groups is 1. The number of hydrogen-bond acceptors (Lipinski definition) is 8. The number of nitro groups is 1. The van der Waals surface area contributed by atoms with Crippen molar-refractivity contribution in [2.24, 2.45) is 0 Å². The Morgan fingerprint density at radius 1 is 1.29 bits per heavy atom. The summed E-state index contributed by atoms with van der Waals surface area (Å²) in [6.45, 7) is 5.20. The molecule has 0 aliphatic heterocycles. The molecule has 3 aromatic rings. The van der Waals surface area contributed by atoms with Crippen LogP contribution in [0.3, 0.4) is 0 Å². The molecule has 0 aliphatic rings. The lowest BCUT2D eigenvalue weighted by atomic mass is 10.1. The fraction of sp³-hybridized carbons (Fsp3) is 0.227. The number of carbonyl (C=O) groups is 1. The third kappa shape index (κ3) is 5.67. The number of nitrogens with zero attached hydrogens (tertiary/aromatic N) is 4. The summed E-state index contributed by atoms with van der Waals surface area (Å²) in [7, 11) is 1.51. The van der Waals surface area contributed by atoms with Gasteiger partial charge in [-0.3, -0.25) is 15.2 Å². The molecule has 10 nitrogen and oxygen atoms in total. The third-order valence-electron chi connectivity index (χ3n) is 4.91. The van der Waals surface area contributed by atoms with E-state index in [-0.39, 0.29) is 15.7 Å². The Kier molecular flexibility index (Phi) is 8.13. The number of nitrogens with one attached hydrogen (secondary N) is 1. The second kappa shape index (κ2) is 11.0. The average molecular weight is 504 g/mol. The molecule has 0 aliphatic carbocycles. The molecule has 3 rings (SSSR count). The minimum absolute atomic E-state index is 0.0995. The number of H-pyrrole nitrogens is 1. The van der Waals surface area contributed by atoms with E-state index in [9.17, 15) is 20.0 Å². The van der Waals surface area contributed by atoms with Gasteiger partial charge < -0.3 is 14.7 Å². The van der Waals surface area contributed by atoms with Crippen LogP contribution in [0, 0.1) is 10.1 Å². The number of carboxylic acids is 1. The topological polar surface area (TPSA) is 134 Å². The van der Waals surface area contributed by atoms with E-state index in [0.717, 1.165) is 11.8 Å². The summed E-state index contributed by atoms with van der Waals surface area (Å²) in [5, 5.41) is 28.6. The van der Waals surface area contributed by atoms with Crippen molar-refractivity contribution in [2.75, 3.05) is 25.1 Å². The molecular weight excluding hydrogens is 482 g/mol. The van der Waals surface area contributed by atoms with E-state index in [2.05, 4.69) is 15.2 Å². The van der Waals surface area contributed by atoms with E-state index in [0.29, 0.717) is 46.5 Å². The smallest absolute Gasteiger partial charge is 0.342 e. The molecule has 0 spiro atoms. The number of aromatic nitrogens is 3. The molecule has 1 aromatic heterocycles. The normalized spacial score (nSPS) is 11.4. The minimum Gasteiger partial charge on any atom is -0.496 e. The van der Waals surface area contributed by atoms with Gasteiger partial charge in [-0.15, -0.1) is 5.10 Å². The van der Waals surface area contributed by atoms with E-state index >= 15 is 0 Å². The van der Waals surface area contributed by atoms with Gasteiger partial charge in [0.05, 0.1) is 17.6 Å². The van der Waals surface area contributed by atoms with E-state index < -0.39 is 10.9 Å². The van der Waals surface area contributed by atoms with Crippen molar-refractivity contribution in [2.45, 2.75) is 19.0 Å². The van der Waals surface area contributed by atoms with E-state index in [1.165, 1.54) is 25.3 Å². The number of methoxy groups -OCH3 is 1. The fourth-order valence-corrected chi connectivity index (χ4v) is 4.15.